The molecule has 1 amide bonds. The van der Waals surface area contributed by atoms with Crippen LogP contribution in [0.4, 0.5) is 5.69 Å². The minimum Gasteiger partial charge on any atom is -0.449 e. The van der Waals surface area contributed by atoms with Crippen LogP contribution in [-0.4, -0.2) is 23.7 Å². The summed E-state index contributed by atoms with van der Waals surface area (Å²) in [5, 5.41) is 11.5. The van der Waals surface area contributed by atoms with Crippen molar-refractivity contribution in [3.05, 3.63) is 59.7 Å². The monoisotopic (exact) mass is 354 g/mol. The van der Waals surface area contributed by atoms with Crippen LogP contribution in [0.2, 0.25) is 0 Å². The van der Waals surface area contributed by atoms with Gasteiger partial charge in [-0.25, -0.2) is 4.79 Å². The molecule has 0 aliphatic carbocycles. The highest BCUT2D eigenvalue weighted by Gasteiger charge is 2.21. The molecular formula is C19H18N2O3S. The maximum Gasteiger partial charge on any atom is 0.340 e. The van der Waals surface area contributed by atoms with Crippen LogP contribution in [0.3, 0.4) is 0 Å². The third kappa shape index (κ3) is 5.10. The molecule has 2 aromatic rings. The van der Waals surface area contributed by atoms with Crippen molar-refractivity contribution in [2.24, 2.45) is 0 Å². The summed E-state index contributed by atoms with van der Waals surface area (Å²) in [5.74, 6) is -0.163. The topological polar surface area (TPSA) is 79.2 Å². The molecule has 1 atom stereocenters. The molecule has 0 aliphatic rings. The first-order valence-electron chi connectivity index (χ1n) is 7.79. The number of amides is 1. The summed E-state index contributed by atoms with van der Waals surface area (Å²) in [5.41, 5.74) is 1.36. The Labute approximate surface area is 151 Å². The van der Waals surface area contributed by atoms with Gasteiger partial charge >= 0.3 is 5.97 Å². The fourth-order valence-electron chi connectivity index (χ4n) is 2.10. The maximum atomic E-state index is 12.3. The Balaban J connectivity index is 2.03. The van der Waals surface area contributed by atoms with Crippen LogP contribution in [0.1, 0.15) is 29.8 Å². The number of hydrogen-bond acceptors (Lipinski definition) is 5. The molecule has 0 saturated heterocycles. The number of hydrogen-bond donors (Lipinski definition) is 1. The quantitative estimate of drug-likeness (QED) is 0.629. The summed E-state index contributed by atoms with van der Waals surface area (Å²) in [6.07, 6.45) is -0.960. The lowest BCUT2D eigenvalue weighted by Gasteiger charge is -2.15. The van der Waals surface area contributed by atoms with Crippen molar-refractivity contribution >= 4 is 29.3 Å². The number of nitrogens with zero attached hydrogens (tertiary/aromatic N) is 1. The molecule has 2 aromatic carbocycles. The number of thioether (sulfide) groups is 1. The van der Waals surface area contributed by atoms with Crippen LogP contribution < -0.4 is 5.32 Å². The number of carbonyl (C=O) groups is 2. The summed E-state index contributed by atoms with van der Waals surface area (Å²) in [6.45, 7) is 3.51. The molecule has 5 nitrogen and oxygen atoms in total. The van der Waals surface area contributed by atoms with Crippen molar-refractivity contribution in [3.63, 3.8) is 0 Å². The summed E-state index contributed by atoms with van der Waals surface area (Å²) in [7, 11) is 0. The van der Waals surface area contributed by atoms with Crippen molar-refractivity contribution in [1.29, 1.82) is 5.26 Å². The Morgan fingerprint density at radius 3 is 2.72 bits per heavy atom. The molecule has 0 saturated carbocycles. The molecule has 128 valence electrons. The van der Waals surface area contributed by atoms with Gasteiger partial charge in [-0.05, 0) is 43.0 Å². The van der Waals surface area contributed by atoms with Gasteiger partial charge in [0.25, 0.3) is 5.91 Å². The summed E-state index contributed by atoms with van der Waals surface area (Å²) >= 11 is 1.54. The van der Waals surface area contributed by atoms with Crippen molar-refractivity contribution in [2.75, 3.05) is 11.1 Å². The van der Waals surface area contributed by atoms with Gasteiger partial charge in [0.05, 0.1) is 17.2 Å². The van der Waals surface area contributed by atoms with Crippen LogP contribution in [0.25, 0.3) is 0 Å². The molecular weight excluding hydrogens is 336 g/mol. The second-order valence-corrected chi connectivity index (χ2v) is 6.46. The molecule has 1 N–H and O–H groups in total. The highest BCUT2D eigenvalue weighted by Crippen LogP contribution is 2.23. The van der Waals surface area contributed by atoms with Crippen molar-refractivity contribution in [3.8, 4) is 6.07 Å². The second-order valence-electron chi connectivity index (χ2n) is 5.16. The third-order valence-corrected chi connectivity index (χ3v) is 4.27. The van der Waals surface area contributed by atoms with E-state index in [9.17, 15) is 9.59 Å². The van der Waals surface area contributed by atoms with Gasteiger partial charge in [-0.3, -0.25) is 4.79 Å². The molecule has 6 heteroatoms. The average Bonchev–Trinajstić information content (AvgIpc) is 2.62. The van der Waals surface area contributed by atoms with Gasteiger partial charge in [0, 0.05) is 10.6 Å². The standard InChI is InChI=1S/C19H18N2O3S/c1-3-25-17-10-5-4-9-16(17)19(23)24-13(2)18(22)21-15-8-6-7-14(11-15)12-20/h4-11,13H,3H2,1-2H3,(H,21,22)/t13-/m0/s1. The maximum absolute atomic E-state index is 12.3. The van der Waals surface area contributed by atoms with Crippen molar-refractivity contribution in [2.45, 2.75) is 24.8 Å². The fraction of sp³-hybridized carbons (Fsp3) is 0.211. The number of nitriles is 1. The normalized spacial score (nSPS) is 11.2. The smallest absolute Gasteiger partial charge is 0.340 e. The van der Waals surface area contributed by atoms with Crippen LogP contribution in [0, 0.1) is 11.3 Å². The molecule has 0 fully saturated rings. The Bertz CT molecular complexity index is 814. The lowest BCUT2D eigenvalue weighted by Crippen LogP contribution is -2.30. The minimum absolute atomic E-state index is 0.438. The van der Waals surface area contributed by atoms with E-state index < -0.39 is 18.0 Å². The largest absolute Gasteiger partial charge is 0.449 e. The Kier molecular flexibility index (Phi) is 6.61. The van der Waals surface area contributed by atoms with E-state index in [1.54, 1.807) is 48.2 Å². The highest BCUT2D eigenvalue weighted by molar-refractivity contribution is 7.99. The van der Waals surface area contributed by atoms with E-state index >= 15 is 0 Å². The number of nitrogens with one attached hydrogen (secondary N) is 1. The molecule has 0 spiro atoms. The first-order chi connectivity index (χ1) is 12.0. The zero-order valence-corrected chi connectivity index (χ0v) is 14.8. The van der Waals surface area contributed by atoms with Gasteiger partial charge in [-0.2, -0.15) is 5.26 Å². The first kappa shape index (κ1) is 18.6. The molecule has 0 aliphatic heterocycles. The number of rotatable bonds is 6. The van der Waals surface area contributed by atoms with Gasteiger partial charge in [0.2, 0.25) is 0 Å². The van der Waals surface area contributed by atoms with Crippen LogP contribution in [0.15, 0.2) is 53.4 Å². The highest BCUT2D eigenvalue weighted by atomic mass is 32.2. The van der Waals surface area contributed by atoms with Crippen LogP contribution >= 0.6 is 11.8 Å². The molecule has 0 bridgehead atoms. The van der Waals surface area contributed by atoms with Gasteiger partial charge < -0.3 is 10.1 Å². The fourth-order valence-corrected chi connectivity index (χ4v) is 2.90. The Morgan fingerprint density at radius 1 is 1.24 bits per heavy atom. The summed E-state index contributed by atoms with van der Waals surface area (Å²) < 4.78 is 5.28. The lowest BCUT2D eigenvalue weighted by atomic mass is 10.2. The molecule has 0 aromatic heterocycles. The number of anilines is 1. The van der Waals surface area contributed by atoms with E-state index in [0.29, 0.717) is 16.8 Å². The van der Waals surface area contributed by atoms with E-state index in [1.165, 1.54) is 6.92 Å². The average molecular weight is 354 g/mol. The third-order valence-electron chi connectivity index (χ3n) is 3.32. The van der Waals surface area contributed by atoms with E-state index in [1.807, 2.05) is 25.1 Å². The van der Waals surface area contributed by atoms with Crippen LogP contribution in [-0.2, 0) is 9.53 Å². The van der Waals surface area contributed by atoms with Gasteiger partial charge in [0.1, 0.15) is 0 Å². The number of ether oxygens (including phenoxy) is 1. The zero-order chi connectivity index (χ0) is 18.2. The van der Waals surface area contributed by atoms with E-state index in [-0.39, 0.29) is 0 Å². The van der Waals surface area contributed by atoms with Crippen molar-refractivity contribution < 1.29 is 14.3 Å². The second kappa shape index (κ2) is 8.90. The zero-order valence-electron chi connectivity index (χ0n) is 14.0. The van der Waals surface area contributed by atoms with Gasteiger partial charge in [0.15, 0.2) is 6.10 Å². The Morgan fingerprint density at radius 2 is 2.00 bits per heavy atom. The van der Waals surface area contributed by atoms with Crippen LogP contribution in [0.5, 0.6) is 0 Å². The molecule has 25 heavy (non-hydrogen) atoms. The first-order valence-corrected chi connectivity index (χ1v) is 8.77. The summed E-state index contributed by atoms with van der Waals surface area (Å²) in [4.78, 5) is 25.4. The molecule has 0 heterocycles. The molecule has 0 unspecified atom stereocenters. The van der Waals surface area contributed by atoms with Gasteiger partial charge in [-0.15, -0.1) is 11.8 Å². The predicted octanol–water partition coefficient (Wildman–Crippen LogP) is 3.85. The number of carbonyl (C=O) groups excluding carboxylic acids is 2. The van der Waals surface area contributed by atoms with Crippen molar-refractivity contribution in [1.82, 2.24) is 0 Å². The number of benzene rings is 2. The van der Waals surface area contributed by atoms with E-state index in [0.717, 1.165) is 10.6 Å². The lowest BCUT2D eigenvalue weighted by molar-refractivity contribution is -0.123. The Hall–Kier alpha value is -2.78. The van der Waals surface area contributed by atoms with Gasteiger partial charge in [-0.1, -0.05) is 25.1 Å². The predicted molar refractivity (Wildman–Crippen MR) is 97.5 cm³/mol. The number of esters is 1. The van der Waals surface area contributed by atoms with E-state index in [4.69, 9.17) is 10.00 Å². The summed E-state index contributed by atoms with van der Waals surface area (Å²) in [6, 6.07) is 15.7. The van der Waals surface area contributed by atoms with E-state index in [2.05, 4.69) is 5.32 Å². The minimum atomic E-state index is -0.960. The molecule has 0 radical (unpaired) electrons. The SMILES string of the molecule is CCSc1ccccc1C(=O)O[C@@H](C)C(=O)Nc1cccc(C#N)c1. The molecule has 2 rings (SSSR count).